The molecule has 1 unspecified atom stereocenters. The molecule has 92 valence electrons. The molecule has 0 saturated heterocycles. The third kappa shape index (κ3) is 2.00. The molecule has 1 aliphatic heterocycles. The fraction of sp³-hybridized carbons (Fsp3) is 0.417. The van der Waals surface area contributed by atoms with Crippen molar-refractivity contribution in [3.63, 3.8) is 0 Å². The molecule has 17 heavy (non-hydrogen) atoms. The van der Waals surface area contributed by atoms with Gasteiger partial charge in [-0.2, -0.15) is 8.42 Å². The maximum absolute atomic E-state index is 11.1. The van der Waals surface area contributed by atoms with E-state index in [1.807, 2.05) is 27.0 Å². The van der Waals surface area contributed by atoms with Crippen molar-refractivity contribution in [1.29, 1.82) is 0 Å². The standard InChI is InChI=1S/C12H15NO3S/c1-8-7-13-11-5-4-9(17(14,15)16)6-10(11)12(8,2)3/h4-8H,1-3H3,(H,14,15,16). The minimum absolute atomic E-state index is 0.0753. The van der Waals surface area contributed by atoms with Crippen molar-refractivity contribution in [2.75, 3.05) is 0 Å². The van der Waals surface area contributed by atoms with Crippen LogP contribution >= 0.6 is 0 Å². The smallest absolute Gasteiger partial charge is 0.282 e. The fourth-order valence-electron chi connectivity index (χ4n) is 1.93. The molecule has 0 bridgehead atoms. The second-order valence-corrected chi connectivity index (χ2v) is 6.36. The first-order valence-corrected chi connectivity index (χ1v) is 6.83. The summed E-state index contributed by atoms with van der Waals surface area (Å²) in [7, 11) is -4.16. The van der Waals surface area contributed by atoms with E-state index in [1.54, 1.807) is 6.07 Å². The molecule has 1 heterocycles. The predicted octanol–water partition coefficient (Wildman–Crippen LogP) is 2.56. The highest BCUT2D eigenvalue weighted by molar-refractivity contribution is 7.85. The molecule has 0 spiro atoms. The molecule has 0 radical (unpaired) electrons. The maximum atomic E-state index is 11.1. The lowest BCUT2D eigenvalue weighted by molar-refractivity contribution is 0.431. The summed E-state index contributed by atoms with van der Waals surface area (Å²) in [4.78, 5) is 4.22. The number of aliphatic imine (C=N–C) groups is 1. The van der Waals surface area contributed by atoms with Gasteiger partial charge in [0, 0.05) is 12.1 Å². The Morgan fingerprint density at radius 3 is 2.59 bits per heavy atom. The molecule has 4 nitrogen and oxygen atoms in total. The van der Waals surface area contributed by atoms with Crippen LogP contribution in [0.15, 0.2) is 28.1 Å². The first-order valence-electron chi connectivity index (χ1n) is 5.39. The number of rotatable bonds is 1. The second-order valence-electron chi connectivity index (χ2n) is 4.94. The van der Waals surface area contributed by atoms with Crippen molar-refractivity contribution in [2.45, 2.75) is 31.1 Å². The van der Waals surface area contributed by atoms with E-state index in [2.05, 4.69) is 4.99 Å². The van der Waals surface area contributed by atoms with Crippen molar-refractivity contribution >= 4 is 22.0 Å². The lowest BCUT2D eigenvalue weighted by atomic mass is 9.73. The van der Waals surface area contributed by atoms with Crippen molar-refractivity contribution in [1.82, 2.24) is 0 Å². The molecule has 1 N–H and O–H groups in total. The summed E-state index contributed by atoms with van der Waals surface area (Å²) >= 11 is 0. The minimum atomic E-state index is -4.16. The summed E-state index contributed by atoms with van der Waals surface area (Å²) in [5.74, 6) is 0.214. The van der Waals surface area contributed by atoms with Crippen LogP contribution in [0.3, 0.4) is 0 Å². The first kappa shape index (κ1) is 12.3. The molecule has 0 saturated carbocycles. The van der Waals surface area contributed by atoms with Crippen molar-refractivity contribution < 1.29 is 13.0 Å². The highest BCUT2D eigenvalue weighted by Crippen LogP contribution is 2.41. The SMILES string of the molecule is CC1C=Nc2ccc(S(=O)(=O)O)cc2C1(C)C. The highest BCUT2D eigenvalue weighted by atomic mass is 32.2. The van der Waals surface area contributed by atoms with E-state index in [0.29, 0.717) is 0 Å². The Hall–Kier alpha value is -1.20. The largest absolute Gasteiger partial charge is 0.294 e. The zero-order chi connectivity index (χ0) is 12.8. The molecule has 0 aromatic heterocycles. The number of fused-ring (bicyclic) bond motifs is 1. The van der Waals surface area contributed by atoms with Gasteiger partial charge in [-0.3, -0.25) is 9.55 Å². The first-order chi connectivity index (χ1) is 7.73. The van der Waals surface area contributed by atoms with E-state index in [9.17, 15) is 8.42 Å². The van der Waals surface area contributed by atoms with Gasteiger partial charge in [-0.1, -0.05) is 20.8 Å². The number of benzene rings is 1. The minimum Gasteiger partial charge on any atom is -0.282 e. The van der Waals surface area contributed by atoms with Crippen LogP contribution in [-0.4, -0.2) is 19.2 Å². The van der Waals surface area contributed by atoms with Gasteiger partial charge in [0.25, 0.3) is 10.1 Å². The van der Waals surface area contributed by atoms with Crippen molar-refractivity contribution in [3.05, 3.63) is 23.8 Å². The van der Waals surface area contributed by atoms with E-state index in [-0.39, 0.29) is 16.2 Å². The van der Waals surface area contributed by atoms with Gasteiger partial charge in [0.15, 0.2) is 0 Å². The molecule has 0 fully saturated rings. The molecule has 0 amide bonds. The van der Waals surface area contributed by atoms with Crippen molar-refractivity contribution in [3.8, 4) is 0 Å². The molecule has 1 aliphatic rings. The van der Waals surface area contributed by atoms with E-state index in [4.69, 9.17) is 4.55 Å². The van der Waals surface area contributed by atoms with E-state index in [1.165, 1.54) is 12.1 Å². The monoisotopic (exact) mass is 253 g/mol. The van der Waals surface area contributed by atoms with Crippen LogP contribution in [0, 0.1) is 5.92 Å². The van der Waals surface area contributed by atoms with Gasteiger partial charge in [-0.25, -0.2) is 0 Å². The zero-order valence-electron chi connectivity index (χ0n) is 10.0. The predicted molar refractivity (Wildman–Crippen MR) is 66.6 cm³/mol. The van der Waals surface area contributed by atoms with Gasteiger partial charge in [-0.05, 0) is 29.2 Å². The molecule has 2 rings (SSSR count). The molecule has 0 aliphatic carbocycles. The number of hydrogen-bond donors (Lipinski definition) is 1. The summed E-state index contributed by atoms with van der Waals surface area (Å²) in [6.45, 7) is 6.11. The summed E-state index contributed by atoms with van der Waals surface area (Å²) in [5, 5.41) is 0. The Morgan fingerprint density at radius 2 is 2.00 bits per heavy atom. The van der Waals surface area contributed by atoms with Crippen molar-refractivity contribution in [2.24, 2.45) is 10.9 Å². The van der Waals surface area contributed by atoms with Gasteiger partial charge in [0.2, 0.25) is 0 Å². The van der Waals surface area contributed by atoms with E-state index < -0.39 is 10.1 Å². The number of nitrogens with zero attached hydrogens (tertiary/aromatic N) is 1. The summed E-state index contributed by atoms with van der Waals surface area (Å²) < 4.78 is 31.3. The molecular weight excluding hydrogens is 238 g/mol. The summed E-state index contributed by atoms with van der Waals surface area (Å²) in [5.41, 5.74) is 1.42. The third-order valence-corrected chi connectivity index (χ3v) is 4.39. The Balaban J connectivity index is 2.67. The quantitative estimate of drug-likeness (QED) is 0.782. The molecular formula is C12H15NO3S. The van der Waals surface area contributed by atoms with Crippen LogP contribution in [-0.2, 0) is 15.5 Å². The average molecular weight is 253 g/mol. The lowest BCUT2D eigenvalue weighted by Crippen LogP contribution is -2.30. The maximum Gasteiger partial charge on any atom is 0.294 e. The summed E-state index contributed by atoms with van der Waals surface area (Å²) in [6, 6.07) is 4.51. The Labute approximate surface area is 101 Å². The number of hydrogen-bond acceptors (Lipinski definition) is 3. The molecule has 1 atom stereocenters. The zero-order valence-corrected chi connectivity index (χ0v) is 10.8. The molecule has 1 aromatic rings. The lowest BCUT2D eigenvalue weighted by Gasteiger charge is -2.34. The van der Waals surface area contributed by atoms with Crippen LogP contribution in [0.2, 0.25) is 0 Å². The van der Waals surface area contributed by atoms with Crippen LogP contribution in [0.1, 0.15) is 26.3 Å². The average Bonchev–Trinajstić information content (AvgIpc) is 2.22. The molecule has 1 aromatic carbocycles. The van der Waals surface area contributed by atoms with E-state index >= 15 is 0 Å². The van der Waals surface area contributed by atoms with Gasteiger partial charge in [0.05, 0.1) is 10.6 Å². The van der Waals surface area contributed by atoms with Gasteiger partial charge >= 0.3 is 0 Å². The topological polar surface area (TPSA) is 66.7 Å². The van der Waals surface area contributed by atoms with Crippen LogP contribution in [0.4, 0.5) is 5.69 Å². The Bertz CT molecular complexity index is 588. The normalized spacial score (nSPS) is 22.2. The Morgan fingerprint density at radius 1 is 1.35 bits per heavy atom. The van der Waals surface area contributed by atoms with Crippen LogP contribution in [0.5, 0.6) is 0 Å². The van der Waals surface area contributed by atoms with Gasteiger partial charge < -0.3 is 0 Å². The third-order valence-electron chi connectivity index (χ3n) is 3.54. The van der Waals surface area contributed by atoms with Crippen LogP contribution < -0.4 is 0 Å². The van der Waals surface area contributed by atoms with Gasteiger partial charge in [-0.15, -0.1) is 0 Å². The van der Waals surface area contributed by atoms with E-state index in [0.717, 1.165) is 11.3 Å². The molecule has 5 heteroatoms. The highest BCUT2D eigenvalue weighted by Gasteiger charge is 2.32. The Kier molecular flexibility index (Phi) is 2.63. The fourth-order valence-corrected chi connectivity index (χ4v) is 2.43. The van der Waals surface area contributed by atoms with Crippen LogP contribution in [0.25, 0.3) is 0 Å². The van der Waals surface area contributed by atoms with Gasteiger partial charge in [0.1, 0.15) is 0 Å². The summed E-state index contributed by atoms with van der Waals surface area (Å²) in [6.07, 6.45) is 1.87. The second kappa shape index (κ2) is 3.65.